The number of alkyl halides is 1. The maximum absolute atomic E-state index is 14.0. The van der Waals surface area contributed by atoms with Crippen LogP contribution < -0.4 is 14.9 Å². The number of anilines is 1. The zero-order chi connectivity index (χ0) is 20.8. The first-order chi connectivity index (χ1) is 13.3. The third kappa shape index (κ3) is 5.34. The third-order valence-corrected chi connectivity index (χ3v) is 4.87. The van der Waals surface area contributed by atoms with Gasteiger partial charge in [-0.3, -0.25) is 0 Å². The molecule has 0 aliphatic rings. The van der Waals surface area contributed by atoms with Crippen molar-refractivity contribution in [2.75, 3.05) is 23.9 Å². The van der Waals surface area contributed by atoms with E-state index in [4.69, 9.17) is 28.6 Å². The molecule has 152 valence electrons. The van der Waals surface area contributed by atoms with Gasteiger partial charge in [0.1, 0.15) is 0 Å². The third-order valence-electron chi connectivity index (χ3n) is 3.97. The van der Waals surface area contributed by atoms with E-state index >= 15 is 0 Å². The van der Waals surface area contributed by atoms with E-state index in [0.717, 1.165) is 24.2 Å². The highest BCUT2D eigenvalue weighted by molar-refractivity contribution is 7.80. The number of thiocarbonyl (C=S) groups is 1. The van der Waals surface area contributed by atoms with Gasteiger partial charge in [0.05, 0.1) is 0 Å². The summed E-state index contributed by atoms with van der Waals surface area (Å²) in [7, 11) is 1.67. The van der Waals surface area contributed by atoms with Crippen molar-refractivity contribution in [3.05, 3.63) is 53.1 Å². The number of ether oxygens (including phenoxy) is 1. The van der Waals surface area contributed by atoms with Crippen molar-refractivity contribution in [2.24, 2.45) is 0 Å². The van der Waals surface area contributed by atoms with Gasteiger partial charge in [0.25, 0.3) is 0 Å². The van der Waals surface area contributed by atoms with E-state index in [1.165, 1.54) is 0 Å². The van der Waals surface area contributed by atoms with Gasteiger partial charge in [0, 0.05) is 36.4 Å². The summed E-state index contributed by atoms with van der Waals surface area (Å²) in [6, 6.07) is 7.39. The van der Waals surface area contributed by atoms with Crippen LogP contribution in [-0.4, -0.2) is 24.0 Å². The van der Waals surface area contributed by atoms with Gasteiger partial charge in [-0.15, -0.1) is 11.6 Å². The molecule has 0 radical (unpaired) electrons. The molecule has 0 spiro atoms. The molecule has 1 unspecified atom stereocenters. The SMILES string of the molecule is CCCN(CCCl)c1ccc(CC(=S)Oc2c(F)c(F)c(F)c(P)c2F)cc1. The quantitative estimate of drug-likeness (QED) is 0.138. The van der Waals surface area contributed by atoms with Gasteiger partial charge in [0.2, 0.25) is 11.6 Å². The van der Waals surface area contributed by atoms with E-state index in [0.29, 0.717) is 12.4 Å². The Morgan fingerprint density at radius 1 is 1.04 bits per heavy atom. The van der Waals surface area contributed by atoms with E-state index in [2.05, 4.69) is 11.8 Å². The second-order valence-corrected chi connectivity index (χ2v) is 7.40. The van der Waals surface area contributed by atoms with Crippen LogP contribution in [0.2, 0.25) is 0 Å². The lowest BCUT2D eigenvalue weighted by Gasteiger charge is -2.23. The predicted molar refractivity (Wildman–Crippen MR) is 112 cm³/mol. The Morgan fingerprint density at radius 2 is 1.68 bits per heavy atom. The number of hydrogen-bond acceptors (Lipinski definition) is 3. The van der Waals surface area contributed by atoms with E-state index < -0.39 is 34.3 Å². The van der Waals surface area contributed by atoms with Crippen LogP contribution >= 0.6 is 33.1 Å². The van der Waals surface area contributed by atoms with Crippen LogP contribution in [-0.2, 0) is 6.42 Å². The van der Waals surface area contributed by atoms with Crippen molar-refractivity contribution in [3.63, 3.8) is 0 Å². The minimum Gasteiger partial charge on any atom is -0.444 e. The Morgan fingerprint density at radius 3 is 2.25 bits per heavy atom. The maximum Gasteiger partial charge on any atom is 0.207 e. The van der Waals surface area contributed by atoms with E-state index in [1.54, 1.807) is 21.4 Å². The van der Waals surface area contributed by atoms with Crippen LogP contribution in [0.4, 0.5) is 23.2 Å². The molecule has 0 amide bonds. The second kappa shape index (κ2) is 10.4. The van der Waals surface area contributed by atoms with Crippen molar-refractivity contribution in [3.8, 4) is 5.75 Å². The summed E-state index contributed by atoms with van der Waals surface area (Å²) in [4.78, 5) is 2.14. The molecule has 0 saturated heterocycles. The fourth-order valence-corrected chi connectivity index (χ4v) is 3.31. The van der Waals surface area contributed by atoms with Crippen LogP contribution in [0.25, 0.3) is 0 Å². The molecule has 0 bridgehead atoms. The summed E-state index contributed by atoms with van der Waals surface area (Å²) >= 11 is 10.8. The van der Waals surface area contributed by atoms with E-state index in [9.17, 15) is 17.6 Å². The van der Waals surface area contributed by atoms with Gasteiger partial charge in [-0.2, -0.15) is 4.39 Å². The number of benzene rings is 2. The highest BCUT2D eigenvalue weighted by Gasteiger charge is 2.25. The van der Waals surface area contributed by atoms with Crippen molar-refractivity contribution in [1.82, 2.24) is 0 Å². The minimum absolute atomic E-state index is 0.0724. The smallest absolute Gasteiger partial charge is 0.207 e. The molecule has 2 aromatic rings. The van der Waals surface area contributed by atoms with E-state index in [-0.39, 0.29) is 11.5 Å². The number of hydrogen-bond donors (Lipinski definition) is 0. The molecule has 2 rings (SSSR count). The molecule has 0 aliphatic heterocycles. The maximum atomic E-state index is 14.0. The number of halogens is 5. The molecule has 0 saturated carbocycles. The summed E-state index contributed by atoms with van der Waals surface area (Å²) in [5, 5.41) is -0.927. The molecule has 2 aromatic carbocycles. The average molecular weight is 452 g/mol. The number of rotatable bonds is 8. The summed E-state index contributed by atoms with van der Waals surface area (Å²) in [5.74, 6) is -7.10. The molecule has 0 heterocycles. The fourth-order valence-electron chi connectivity index (χ4n) is 2.60. The lowest BCUT2D eigenvalue weighted by molar-refractivity contribution is 0.394. The van der Waals surface area contributed by atoms with Crippen LogP contribution in [0.1, 0.15) is 18.9 Å². The fraction of sp³-hybridized carbons (Fsp3) is 0.316. The van der Waals surface area contributed by atoms with Crippen molar-refractivity contribution >= 4 is 49.1 Å². The Bertz CT molecular complexity index is 816. The highest BCUT2D eigenvalue weighted by Crippen LogP contribution is 2.27. The highest BCUT2D eigenvalue weighted by atomic mass is 35.5. The molecule has 0 fully saturated rings. The van der Waals surface area contributed by atoms with Crippen molar-refractivity contribution in [1.29, 1.82) is 0 Å². The molecule has 1 atom stereocenters. The standard InChI is InChI=1S/C19H19ClF4NOPS/c1-2-8-25(9-7-20)12-5-3-11(4-6-12)10-13(28)26-18-15(22)14(21)16(23)19(27)17(18)24/h3-6H,2,7-10,27H2,1H3. The van der Waals surface area contributed by atoms with Crippen molar-refractivity contribution in [2.45, 2.75) is 19.8 Å². The zero-order valence-electron chi connectivity index (χ0n) is 15.1. The largest absolute Gasteiger partial charge is 0.444 e. The van der Waals surface area contributed by atoms with Crippen molar-refractivity contribution < 1.29 is 22.3 Å². The molecule has 0 aliphatic carbocycles. The Kier molecular flexibility index (Phi) is 8.47. The van der Waals surface area contributed by atoms with Gasteiger partial charge in [-0.05, 0) is 36.3 Å². The molecule has 9 heteroatoms. The first-order valence-electron chi connectivity index (χ1n) is 8.52. The lowest BCUT2D eigenvalue weighted by Crippen LogP contribution is -2.26. The van der Waals surface area contributed by atoms with Gasteiger partial charge in [0.15, 0.2) is 22.5 Å². The summed E-state index contributed by atoms with van der Waals surface area (Å²) in [5.41, 5.74) is 1.73. The summed E-state index contributed by atoms with van der Waals surface area (Å²) in [6.07, 6.45) is 1.04. The number of nitrogens with zero attached hydrogens (tertiary/aromatic N) is 1. The monoisotopic (exact) mass is 451 g/mol. The zero-order valence-corrected chi connectivity index (χ0v) is 17.8. The van der Waals surface area contributed by atoms with Crippen LogP contribution in [0.3, 0.4) is 0 Å². The predicted octanol–water partition coefficient (Wildman–Crippen LogP) is 5.15. The Labute approximate surface area is 174 Å². The Balaban J connectivity index is 2.12. The van der Waals surface area contributed by atoms with Gasteiger partial charge >= 0.3 is 0 Å². The van der Waals surface area contributed by atoms with Crippen LogP contribution in [0, 0.1) is 23.3 Å². The molecule has 28 heavy (non-hydrogen) atoms. The van der Waals surface area contributed by atoms with Gasteiger partial charge < -0.3 is 9.64 Å². The minimum atomic E-state index is -1.82. The topological polar surface area (TPSA) is 12.5 Å². The second-order valence-electron chi connectivity index (χ2n) is 5.99. The van der Waals surface area contributed by atoms with E-state index in [1.807, 2.05) is 12.1 Å². The Hall–Kier alpha value is -1.43. The lowest BCUT2D eigenvalue weighted by atomic mass is 10.1. The molecular formula is C19H19ClF4NOPS. The average Bonchev–Trinajstić information content (AvgIpc) is 2.68. The normalized spacial score (nSPS) is 10.8. The molecule has 0 N–H and O–H groups in total. The molecule has 2 nitrogen and oxygen atoms in total. The molecule has 0 aromatic heterocycles. The first kappa shape index (κ1) is 22.9. The van der Waals surface area contributed by atoms with Gasteiger partial charge in [-0.1, -0.05) is 28.3 Å². The van der Waals surface area contributed by atoms with Crippen LogP contribution in [0.15, 0.2) is 24.3 Å². The van der Waals surface area contributed by atoms with Gasteiger partial charge in [-0.25, -0.2) is 13.2 Å². The molecular weight excluding hydrogens is 433 g/mol. The first-order valence-corrected chi connectivity index (χ1v) is 10.0. The summed E-state index contributed by atoms with van der Waals surface area (Å²) in [6.45, 7) is 3.64. The van der Waals surface area contributed by atoms with Crippen LogP contribution in [0.5, 0.6) is 5.75 Å². The summed E-state index contributed by atoms with van der Waals surface area (Å²) < 4.78 is 59.7.